The molecule has 17 heavy (non-hydrogen) atoms. The maximum absolute atomic E-state index is 4.49. The van der Waals surface area contributed by atoms with Gasteiger partial charge in [-0.3, -0.25) is 0 Å². The van der Waals surface area contributed by atoms with Crippen LogP contribution in [0.3, 0.4) is 0 Å². The minimum absolute atomic E-state index is 0.361. The van der Waals surface area contributed by atoms with Crippen LogP contribution in [0.5, 0.6) is 0 Å². The fraction of sp³-hybridized carbons (Fsp3) is 0.308. The fourth-order valence-electron chi connectivity index (χ4n) is 1.56. The SMILES string of the molecule is CNC(C)c1ccccc1Sc1nc(C)cs1. The summed E-state index contributed by atoms with van der Waals surface area (Å²) in [7, 11) is 1.99. The Bertz CT molecular complexity index is 494. The van der Waals surface area contributed by atoms with Gasteiger partial charge in [-0.1, -0.05) is 30.0 Å². The summed E-state index contributed by atoms with van der Waals surface area (Å²) in [6.07, 6.45) is 0. The maximum atomic E-state index is 4.49. The van der Waals surface area contributed by atoms with Gasteiger partial charge in [-0.25, -0.2) is 4.98 Å². The van der Waals surface area contributed by atoms with Crippen LogP contribution >= 0.6 is 23.1 Å². The molecular formula is C13H16N2S2. The van der Waals surface area contributed by atoms with Crippen molar-refractivity contribution in [3.8, 4) is 0 Å². The van der Waals surface area contributed by atoms with Crippen LogP contribution < -0.4 is 5.32 Å². The van der Waals surface area contributed by atoms with Crippen LogP contribution in [-0.4, -0.2) is 12.0 Å². The second-order valence-corrected chi connectivity index (χ2v) is 6.05. The fourth-order valence-corrected chi connectivity index (χ4v) is 3.57. The van der Waals surface area contributed by atoms with E-state index >= 15 is 0 Å². The molecule has 1 heterocycles. The molecular weight excluding hydrogens is 248 g/mol. The van der Waals surface area contributed by atoms with Crippen molar-refractivity contribution in [3.63, 3.8) is 0 Å². The molecule has 2 rings (SSSR count). The molecule has 0 aliphatic rings. The highest BCUT2D eigenvalue weighted by Crippen LogP contribution is 2.34. The second kappa shape index (κ2) is 5.67. The van der Waals surface area contributed by atoms with E-state index in [1.165, 1.54) is 10.5 Å². The summed E-state index contributed by atoms with van der Waals surface area (Å²) in [5.41, 5.74) is 2.42. The third-order valence-electron chi connectivity index (χ3n) is 2.61. The maximum Gasteiger partial charge on any atom is 0.154 e. The van der Waals surface area contributed by atoms with Gasteiger partial charge in [0.25, 0.3) is 0 Å². The number of thiazole rings is 1. The minimum atomic E-state index is 0.361. The van der Waals surface area contributed by atoms with Crippen LogP contribution in [0.15, 0.2) is 38.9 Å². The van der Waals surface area contributed by atoms with Gasteiger partial charge in [0, 0.05) is 22.0 Å². The molecule has 90 valence electrons. The summed E-state index contributed by atoms with van der Waals surface area (Å²) in [4.78, 5) is 5.77. The molecule has 1 aromatic heterocycles. The molecule has 2 aromatic rings. The molecule has 1 N–H and O–H groups in total. The molecule has 0 spiro atoms. The lowest BCUT2D eigenvalue weighted by molar-refractivity contribution is 0.641. The first-order valence-electron chi connectivity index (χ1n) is 5.57. The Kier molecular flexibility index (Phi) is 4.20. The molecule has 0 fully saturated rings. The summed E-state index contributed by atoms with van der Waals surface area (Å²) in [5.74, 6) is 0. The molecule has 0 amide bonds. The van der Waals surface area contributed by atoms with Crippen LogP contribution in [0, 0.1) is 6.92 Å². The number of aromatic nitrogens is 1. The van der Waals surface area contributed by atoms with Crippen LogP contribution in [-0.2, 0) is 0 Å². The predicted molar refractivity (Wildman–Crippen MR) is 74.9 cm³/mol. The van der Waals surface area contributed by atoms with E-state index < -0.39 is 0 Å². The first kappa shape index (κ1) is 12.6. The lowest BCUT2D eigenvalue weighted by atomic mass is 10.1. The Hall–Kier alpha value is -0.840. The Balaban J connectivity index is 2.26. The third-order valence-corrected chi connectivity index (χ3v) is 4.76. The minimum Gasteiger partial charge on any atom is -0.313 e. The summed E-state index contributed by atoms with van der Waals surface area (Å²) >= 11 is 3.45. The molecule has 0 radical (unpaired) electrons. The van der Waals surface area contributed by atoms with E-state index in [4.69, 9.17) is 0 Å². The van der Waals surface area contributed by atoms with Crippen molar-refractivity contribution in [1.82, 2.24) is 10.3 Å². The Morgan fingerprint density at radius 1 is 1.35 bits per heavy atom. The largest absolute Gasteiger partial charge is 0.313 e. The molecule has 4 heteroatoms. The summed E-state index contributed by atoms with van der Waals surface area (Å²) in [6, 6.07) is 8.85. The zero-order valence-electron chi connectivity index (χ0n) is 10.2. The van der Waals surface area contributed by atoms with E-state index in [0.717, 1.165) is 10.0 Å². The molecule has 0 saturated carbocycles. The van der Waals surface area contributed by atoms with E-state index in [-0.39, 0.29) is 0 Å². The first-order chi connectivity index (χ1) is 8.20. The third kappa shape index (κ3) is 3.09. The summed E-state index contributed by atoms with van der Waals surface area (Å²) in [5, 5.41) is 5.37. The standard InChI is InChI=1S/C13H16N2S2/c1-9-8-16-13(15-9)17-12-7-5-4-6-11(12)10(2)14-3/h4-8,10,14H,1-3H3. The Labute approximate surface area is 110 Å². The van der Waals surface area contributed by atoms with Gasteiger partial charge in [0.2, 0.25) is 0 Å². The second-order valence-electron chi connectivity index (χ2n) is 3.91. The van der Waals surface area contributed by atoms with Crippen molar-refractivity contribution in [1.29, 1.82) is 0 Å². The van der Waals surface area contributed by atoms with Crippen molar-refractivity contribution in [3.05, 3.63) is 40.9 Å². The van der Waals surface area contributed by atoms with Crippen LogP contribution in [0.4, 0.5) is 0 Å². The number of hydrogen-bond acceptors (Lipinski definition) is 4. The molecule has 0 aliphatic heterocycles. The van der Waals surface area contributed by atoms with E-state index in [1.807, 2.05) is 14.0 Å². The smallest absolute Gasteiger partial charge is 0.154 e. The van der Waals surface area contributed by atoms with E-state index in [1.54, 1.807) is 23.1 Å². The first-order valence-corrected chi connectivity index (χ1v) is 7.26. The van der Waals surface area contributed by atoms with Crippen LogP contribution in [0.1, 0.15) is 24.2 Å². The Morgan fingerprint density at radius 2 is 2.12 bits per heavy atom. The van der Waals surface area contributed by atoms with Crippen molar-refractivity contribution >= 4 is 23.1 Å². The van der Waals surface area contributed by atoms with Gasteiger partial charge < -0.3 is 5.32 Å². The van der Waals surface area contributed by atoms with Gasteiger partial charge in [0.05, 0.1) is 0 Å². The zero-order valence-corrected chi connectivity index (χ0v) is 11.9. The van der Waals surface area contributed by atoms with Gasteiger partial charge >= 0.3 is 0 Å². The zero-order chi connectivity index (χ0) is 12.3. The quantitative estimate of drug-likeness (QED) is 0.907. The van der Waals surface area contributed by atoms with Gasteiger partial charge in [-0.05, 0) is 32.5 Å². The lowest BCUT2D eigenvalue weighted by Crippen LogP contribution is -2.12. The molecule has 0 bridgehead atoms. The highest BCUT2D eigenvalue weighted by atomic mass is 32.2. The van der Waals surface area contributed by atoms with Crippen molar-refractivity contribution in [2.75, 3.05) is 7.05 Å². The van der Waals surface area contributed by atoms with E-state index in [0.29, 0.717) is 6.04 Å². The number of nitrogens with one attached hydrogen (secondary N) is 1. The number of nitrogens with zero attached hydrogens (tertiary/aromatic N) is 1. The van der Waals surface area contributed by atoms with Gasteiger partial charge in [0.1, 0.15) is 0 Å². The number of benzene rings is 1. The highest BCUT2D eigenvalue weighted by molar-refractivity contribution is 8.01. The molecule has 0 saturated heterocycles. The Morgan fingerprint density at radius 3 is 2.76 bits per heavy atom. The van der Waals surface area contributed by atoms with Gasteiger partial charge in [0.15, 0.2) is 4.34 Å². The van der Waals surface area contributed by atoms with Gasteiger partial charge in [-0.2, -0.15) is 0 Å². The summed E-state index contributed by atoms with van der Waals surface area (Å²) < 4.78 is 1.11. The monoisotopic (exact) mass is 264 g/mol. The van der Waals surface area contributed by atoms with Crippen LogP contribution in [0.2, 0.25) is 0 Å². The highest BCUT2D eigenvalue weighted by Gasteiger charge is 2.10. The predicted octanol–water partition coefficient (Wildman–Crippen LogP) is 3.88. The molecule has 0 aliphatic carbocycles. The molecule has 1 atom stereocenters. The average molecular weight is 264 g/mol. The van der Waals surface area contributed by atoms with Crippen LogP contribution in [0.25, 0.3) is 0 Å². The number of hydrogen-bond donors (Lipinski definition) is 1. The average Bonchev–Trinajstić information content (AvgIpc) is 2.74. The van der Waals surface area contributed by atoms with Crippen molar-refractivity contribution in [2.45, 2.75) is 29.1 Å². The van der Waals surface area contributed by atoms with E-state index in [9.17, 15) is 0 Å². The van der Waals surface area contributed by atoms with Gasteiger partial charge in [-0.15, -0.1) is 11.3 Å². The molecule has 2 nitrogen and oxygen atoms in total. The number of aryl methyl sites for hydroxylation is 1. The lowest BCUT2D eigenvalue weighted by Gasteiger charge is -2.14. The molecule has 1 aromatic carbocycles. The van der Waals surface area contributed by atoms with E-state index in [2.05, 4.69) is 46.9 Å². The van der Waals surface area contributed by atoms with Crippen molar-refractivity contribution < 1.29 is 0 Å². The molecule has 1 unspecified atom stereocenters. The normalized spacial score (nSPS) is 12.6. The topological polar surface area (TPSA) is 24.9 Å². The summed E-state index contributed by atoms with van der Waals surface area (Å²) in [6.45, 7) is 4.20. The number of rotatable bonds is 4. The van der Waals surface area contributed by atoms with Crippen molar-refractivity contribution in [2.24, 2.45) is 0 Å².